The van der Waals surface area contributed by atoms with Crippen LogP contribution in [-0.2, 0) is 4.79 Å². The Hall–Kier alpha value is -0.990. The lowest BCUT2D eigenvalue weighted by molar-refractivity contribution is -0.104. The first-order chi connectivity index (χ1) is 3.31. The monoisotopic (exact) mass is 98.0 g/mol. The summed E-state index contributed by atoms with van der Waals surface area (Å²) in [6, 6.07) is 0. The predicted molar refractivity (Wildman–Crippen MR) is 26.0 cm³/mol. The van der Waals surface area contributed by atoms with E-state index in [0.29, 0.717) is 6.29 Å². The zero-order valence-electron chi connectivity index (χ0n) is 4.09. The van der Waals surface area contributed by atoms with E-state index >= 15 is 0 Å². The van der Waals surface area contributed by atoms with Crippen molar-refractivity contribution >= 4 is 6.29 Å². The van der Waals surface area contributed by atoms with Gasteiger partial charge in [-0.2, -0.15) is 10.2 Å². The fourth-order valence-corrected chi connectivity index (χ4v) is 0.152. The molecule has 3 heteroatoms. The Morgan fingerprint density at radius 2 is 2.43 bits per heavy atom. The zero-order valence-corrected chi connectivity index (χ0v) is 4.09. The Morgan fingerprint density at radius 1 is 1.86 bits per heavy atom. The van der Waals surface area contributed by atoms with Crippen LogP contribution in [0.3, 0.4) is 0 Å². The van der Waals surface area contributed by atoms with E-state index < -0.39 is 0 Å². The predicted octanol–water partition coefficient (Wildman–Crippen LogP) is 0.781. The molecule has 0 bridgehead atoms. The normalized spacial score (nSPS) is 9.29. The van der Waals surface area contributed by atoms with Crippen molar-refractivity contribution in [3.05, 3.63) is 12.3 Å². The van der Waals surface area contributed by atoms with Crippen LogP contribution in [0.5, 0.6) is 0 Å². The maximum absolute atomic E-state index is 9.64. The van der Waals surface area contributed by atoms with Gasteiger partial charge in [0, 0.05) is 7.05 Å². The molecule has 38 valence electrons. The molecule has 0 aromatic carbocycles. The van der Waals surface area contributed by atoms with Gasteiger partial charge in [-0.25, -0.2) is 0 Å². The van der Waals surface area contributed by atoms with E-state index in [0.717, 1.165) is 0 Å². The van der Waals surface area contributed by atoms with Crippen LogP contribution in [-0.4, -0.2) is 13.3 Å². The molecule has 0 radical (unpaired) electrons. The summed E-state index contributed by atoms with van der Waals surface area (Å²) in [6.45, 7) is 3.23. The average Bonchev–Trinajstić information content (AvgIpc) is 1.68. The molecule has 0 heterocycles. The molecule has 0 fully saturated rings. The highest BCUT2D eigenvalue weighted by Crippen LogP contribution is 1.83. The van der Waals surface area contributed by atoms with Gasteiger partial charge in [0.15, 0.2) is 6.29 Å². The van der Waals surface area contributed by atoms with E-state index in [-0.39, 0.29) is 5.70 Å². The van der Waals surface area contributed by atoms with Gasteiger partial charge in [-0.1, -0.05) is 6.58 Å². The van der Waals surface area contributed by atoms with Crippen LogP contribution in [0.4, 0.5) is 0 Å². The first-order valence-corrected chi connectivity index (χ1v) is 1.75. The summed E-state index contributed by atoms with van der Waals surface area (Å²) in [7, 11) is 1.48. The van der Waals surface area contributed by atoms with Crippen LogP contribution >= 0.6 is 0 Å². The number of aldehydes is 1. The lowest BCUT2D eigenvalue weighted by atomic mass is 10.6. The maximum atomic E-state index is 9.64. The molecule has 0 saturated heterocycles. The van der Waals surface area contributed by atoms with Gasteiger partial charge >= 0.3 is 0 Å². The van der Waals surface area contributed by atoms with Crippen LogP contribution in [0.25, 0.3) is 0 Å². The Bertz CT molecular complexity index is 106. The lowest BCUT2D eigenvalue weighted by Crippen LogP contribution is -1.70. The molecule has 0 spiro atoms. The zero-order chi connectivity index (χ0) is 5.70. The van der Waals surface area contributed by atoms with Gasteiger partial charge in [-0.05, 0) is 0 Å². The summed E-state index contributed by atoms with van der Waals surface area (Å²) < 4.78 is 0. The number of carbonyl (C=O) groups excluding carboxylic acids is 1. The van der Waals surface area contributed by atoms with E-state index in [9.17, 15) is 4.79 Å². The largest absolute Gasteiger partial charge is 0.296 e. The van der Waals surface area contributed by atoms with E-state index in [1.165, 1.54) is 7.05 Å². The molecule has 0 aliphatic carbocycles. The second-order valence-electron chi connectivity index (χ2n) is 0.909. The minimum atomic E-state index is 0.155. The third kappa shape index (κ3) is 2.82. The van der Waals surface area contributed by atoms with Crippen molar-refractivity contribution in [3.8, 4) is 0 Å². The number of hydrogen-bond acceptors (Lipinski definition) is 3. The first kappa shape index (κ1) is 6.01. The van der Waals surface area contributed by atoms with Crippen LogP contribution in [0.2, 0.25) is 0 Å². The number of hydrogen-bond donors (Lipinski definition) is 0. The summed E-state index contributed by atoms with van der Waals surface area (Å²) >= 11 is 0. The fraction of sp³-hybridized carbons (Fsp3) is 0.250. The van der Waals surface area contributed by atoms with Crippen LogP contribution in [0.15, 0.2) is 22.5 Å². The van der Waals surface area contributed by atoms with Crippen molar-refractivity contribution in [1.82, 2.24) is 0 Å². The van der Waals surface area contributed by atoms with Gasteiger partial charge in [-0.3, -0.25) is 4.79 Å². The summed E-state index contributed by atoms with van der Waals surface area (Å²) in [5.74, 6) is 0. The van der Waals surface area contributed by atoms with Gasteiger partial charge in [0.25, 0.3) is 0 Å². The molecule has 0 rings (SSSR count). The summed E-state index contributed by atoms with van der Waals surface area (Å²) in [5.41, 5.74) is 0.155. The molecule has 0 aliphatic rings. The summed E-state index contributed by atoms with van der Waals surface area (Å²) in [4.78, 5) is 9.64. The molecule has 3 nitrogen and oxygen atoms in total. The van der Waals surface area contributed by atoms with E-state index in [4.69, 9.17) is 0 Å². The second-order valence-corrected chi connectivity index (χ2v) is 0.909. The van der Waals surface area contributed by atoms with E-state index in [2.05, 4.69) is 16.8 Å². The van der Waals surface area contributed by atoms with Crippen molar-refractivity contribution in [2.75, 3.05) is 7.05 Å². The SMILES string of the molecule is C=C(C=O)N=NC. The number of nitrogens with zero attached hydrogens (tertiary/aromatic N) is 2. The minimum Gasteiger partial charge on any atom is -0.296 e. The van der Waals surface area contributed by atoms with Crippen molar-refractivity contribution < 1.29 is 4.79 Å². The van der Waals surface area contributed by atoms with Gasteiger partial charge in [-0.15, -0.1) is 0 Å². The minimum absolute atomic E-state index is 0.155. The van der Waals surface area contributed by atoms with Gasteiger partial charge in [0.2, 0.25) is 0 Å². The smallest absolute Gasteiger partial charge is 0.169 e. The number of allylic oxidation sites excluding steroid dienone is 1. The van der Waals surface area contributed by atoms with Gasteiger partial charge in [0.05, 0.1) is 0 Å². The highest BCUT2D eigenvalue weighted by molar-refractivity contribution is 5.71. The quantitative estimate of drug-likeness (QED) is 0.286. The van der Waals surface area contributed by atoms with Crippen LogP contribution in [0, 0.1) is 0 Å². The molecule has 0 atom stereocenters. The first-order valence-electron chi connectivity index (χ1n) is 1.75. The topological polar surface area (TPSA) is 41.8 Å². The molecule has 0 N–H and O–H groups in total. The lowest BCUT2D eigenvalue weighted by Gasteiger charge is -1.74. The third-order valence-electron chi connectivity index (χ3n) is 0.364. The van der Waals surface area contributed by atoms with Crippen molar-refractivity contribution in [3.63, 3.8) is 0 Å². The van der Waals surface area contributed by atoms with Gasteiger partial charge < -0.3 is 0 Å². The molecule has 0 unspecified atom stereocenters. The maximum Gasteiger partial charge on any atom is 0.169 e. The Labute approximate surface area is 41.8 Å². The van der Waals surface area contributed by atoms with Gasteiger partial charge in [0.1, 0.15) is 5.70 Å². The van der Waals surface area contributed by atoms with Crippen LogP contribution in [0.1, 0.15) is 0 Å². The summed E-state index contributed by atoms with van der Waals surface area (Å²) in [5, 5.41) is 6.61. The van der Waals surface area contributed by atoms with Crippen LogP contribution < -0.4 is 0 Å². The van der Waals surface area contributed by atoms with Crippen molar-refractivity contribution in [1.29, 1.82) is 0 Å². The molecule has 0 aliphatic heterocycles. The highest BCUT2D eigenvalue weighted by Gasteiger charge is 1.77. The number of rotatable bonds is 2. The molecular weight excluding hydrogens is 92.1 g/mol. The molecule has 0 amide bonds. The number of carbonyl (C=O) groups is 1. The molecule has 0 aromatic heterocycles. The van der Waals surface area contributed by atoms with E-state index in [1.54, 1.807) is 0 Å². The average molecular weight is 98.1 g/mol. The molecule has 0 saturated carbocycles. The highest BCUT2D eigenvalue weighted by atomic mass is 16.1. The molecule has 7 heavy (non-hydrogen) atoms. The standard InChI is InChI=1S/C4H6N2O/c1-4(3-7)6-5-2/h3H,1H2,2H3. The third-order valence-corrected chi connectivity index (χ3v) is 0.364. The Morgan fingerprint density at radius 3 is 2.57 bits per heavy atom. The summed E-state index contributed by atoms with van der Waals surface area (Å²) in [6.07, 6.45) is 0.549. The second kappa shape index (κ2) is 3.21. The van der Waals surface area contributed by atoms with Crippen molar-refractivity contribution in [2.24, 2.45) is 10.2 Å². The Balaban J connectivity index is 3.58. The molecule has 0 aromatic rings. The number of azo groups is 1. The Kier molecular flexibility index (Phi) is 2.76. The fourth-order valence-electron chi connectivity index (χ4n) is 0.152. The molecular formula is C4H6N2O. The van der Waals surface area contributed by atoms with Crippen molar-refractivity contribution in [2.45, 2.75) is 0 Å². The van der Waals surface area contributed by atoms with E-state index in [1.807, 2.05) is 0 Å².